The number of rotatable bonds is 5. The topological polar surface area (TPSA) is 67.5 Å². The third kappa shape index (κ3) is 4.04. The molecule has 2 N–H and O–H groups in total. The monoisotopic (exact) mass is 265 g/mol. The highest BCUT2D eigenvalue weighted by Gasteiger charge is 2.16. The molecular weight excluding hydrogens is 242 g/mol. The van der Waals surface area contributed by atoms with Crippen molar-refractivity contribution in [3.05, 3.63) is 12.4 Å². The lowest BCUT2D eigenvalue weighted by Gasteiger charge is -2.22. The fourth-order valence-electron chi connectivity index (χ4n) is 2.35. The predicted octanol–water partition coefficient (Wildman–Crippen LogP) is 0.346. The van der Waals surface area contributed by atoms with Crippen molar-refractivity contribution >= 4 is 5.82 Å². The molecule has 1 aliphatic heterocycles. The van der Waals surface area contributed by atoms with E-state index in [1.165, 1.54) is 0 Å². The van der Waals surface area contributed by atoms with E-state index in [0.717, 1.165) is 57.9 Å². The van der Waals surface area contributed by atoms with Crippen LogP contribution in [0.2, 0.25) is 0 Å². The van der Waals surface area contributed by atoms with Crippen molar-refractivity contribution in [2.45, 2.75) is 12.8 Å². The van der Waals surface area contributed by atoms with E-state index in [2.05, 4.69) is 19.8 Å². The van der Waals surface area contributed by atoms with Crippen LogP contribution in [-0.4, -0.2) is 61.2 Å². The van der Waals surface area contributed by atoms with Crippen molar-refractivity contribution in [1.82, 2.24) is 14.9 Å². The van der Waals surface area contributed by atoms with Crippen molar-refractivity contribution in [2.24, 2.45) is 5.73 Å². The van der Waals surface area contributed by atoms with Gasteiger partial charge in [-0.15, -0.1) is 0 Å². The van der Waals surface area contributed by atoms with Gasteiger partial charge in [0.2, 0.25) is 5.88 Å². The summed E-state index contributed by atoms with van der Waals surface area (Å²) in [5.41, 5.74) is 5.57. The maximum atomic E-state index is 5.57. The van der Waals surface area contributed by atoms with Crippen LogP contribution in [0.25, 0.3) is 0 Å². The number of hydrogen-bond donors (Lipinski definition) is 1. The summed E-state index contributed by atoms with van der Waals surface area (Å²) >= 11 is 0. The van der Waals surface area contributed by atoms with Crippen LogP contribution in [0.15, 0.2) is 12.4 Å². The Labute approximate surface area is 114 Å². The molecule has 1 aromatic heterocycles. The minimum atomic E-state index is 0.620. The summed E-state index contributed by atoms with van der Waals surface area (Å²) < 4.78 is 5.15. The molecule has 106 valence electrons. The zero-order chi connectivity index (χ0) is 13.5. The zero-order valence-corrected chi connectivity index (χ0v) is 11.6. The summed E-state index contributed by atoms with van der Waals surface area (Å²) in [4.78, 5) is 13.2. The van der Waals surface area contributed by atoms with E-state index in [-0.39, 0.29) is 0 Å². The molecule has 1 aromatic rings. The van der Waals surface area contributed by atoms with Gasteiger partial charge in [-0.3, -0.25) is 0 Å². The maximum Gasteiger partial charge on any atom is 0.218 e. The van der Waals surface area contributed by atoms with E-state index >= 15 is 0 Å². The molecule has 0 unspecified atom stereocenters. The van der Waals surface area contributed by atoms with E-state index < -0.39 is 0 Å². The van der Waals surface area contributed by atoms with Gasteiger partial charge in [-0.2, -0.15) is 0 Å². The molecule has 1 aliphatic rings. The highest BCUT2D eigenvalue weighted by molar-refractivity contribution is 5.40. The van der Waals surface area contributed by atoms with Gasteiger partial charge in [-0.25, -0.2) is 9.97 Å². The van der Waals surface area contributed by atoms with Crippen LogP contribution in [0.5, 0.6) is 5.88 Å². The molecule has 0 bridgehead atoms. The molecule has 0 aromatic carbocycles. The second kappa shape index (κ2) is 7.25. The molecule has 0 amide bonds. The van der Waals surface area contributed by atoms with Crippen LogP contribution in [0.1, 0.15) is 12.8 Å². The number of anilines is 1. The lowest BCUT2D eigenvalue weighted by atomic mass is 10.3. The van der Waals surface area contributed by atoms with Crippen molar-refractivity contribution in [3.8, 4) is 5.88 Å². The van der Waals surface area contributed by atoms with Crippen molar-refractivity contribution in [1.29, 1.82) is 0 Å². The molecular formula is C13H23N5O. The van der Waals surface area contributed by atoms with Crippen LogP contribution in [0.4, 0.5) is 5.82 Å². The summed E-state index contributed by atoms with van der Waals surface area (Å²) in [7, 11) is 1.63. The second-order valence-corrected chi connectivity index (χ2v) is 4.74. The van der Waals surface area contributed by atoms with Crippen molar-refractivity contribution in [2.75, 3.05) is 51.3 Å². The normalized spacial score (nSPS) is 17.3. The zero-order valence-electron chi connectivity index (χ0n) is 11.6. The Balaban J connectivity index is 1.94. The Morgan fingerprint density at radius 1 is 1.26 bits per heavy atom. The Morgan fingerprint density at radius 2 is 2.16 bits per heavy atom. The minimum absolute atomic E-state index is 0.620. The molecule has 0 atom stereocenters. The number of nitrogens with two attached hydrogens (primary N) is 1. The van der Waals surface area contributed by atoms with Gasteiger partial charge in [0.15, 0.2) is 0 Å². The van der Waals surface area contributed by atoms with E-state index in [1.807, 2.05) is 6.07 Å². The quantitative estimate of drug-likeness (QED) is 0.828. The maximum absolute atomic E-state index is 5.57. The van der Waals surface area contributed by atoms with Crippen LogP contribution in [0.3, 0.4) is 0 Å². The van der Waals surface area contributed by atoms with Crippen LogP contribution < -0.4 is 15.4 Å². The van der Waals surface area contributed by atoms with E-state index in [4.69, 9.17) is 10.5 Å². The molecule has 1 fully saturated rings. The number of aromatic nitrogens is 2. The molecule has 0 aliphatic carbocycles. The van der Waals surface area contributed by atoms with Gasteiger partial charge in [-0.05, 0) is 32.5 Å². The molecule has 0 spiro atoms. The van der Waals surface area contributed by atoms with Gasteiger partial charge in [0.1, 0.15) is 12.1 Å². The molecule has 1 saturated heterocycles. The Morgan fingerprint density at radius 3 is 2.95 bits per heavy atom. The highest BCUT2D eigenvalue weighted by Crippen LogP contribution is 2.17. The van der Waals surface area contributed by atoms with Gasteiger partial charge in [-0.1, -0.05) is 0 Å². The van der Waals surface area contributed by atoms with Crippen molar-refractivity contribution < 1.29 is 4.74 Å². The van der Waals surface area contributed by atoms with E-state index in [1.54, 1.807) is 13.4 Å². The number of hydrogen-bond acceptors (Lipinski definition) is 6. The molecule has 0 saturated carbocycles. The Bertz CT molecular complexity index is 387. The molecule has 2 rings (SSSR count). The average Bonchev–Trinajstić information content (AvgIpc) is 2.70. The van der Waals surface area contributed by atoms with Gasteiger partial charge in [0.05, 0.1) is 7.11 Å². The second-order valence-electron chi connectivity index (χ2n) is 4.74. The van der Waals surface area contributed by atoms with Gasteiger partial charge in [0.25, 0.3) is 0 Å². The average molecular weight is 265 g/mol. The molecule has 6 heteroatoms. The lowest BCUT2D eigenvalue weighted by molar-refractivity contribution is 0.291. The lowest BCUT2D eigenvalue weighted by Crippen LogP contribution is -2.32. The summed E-state index contributed by atoms with van der Waals surface area (Å²) in [6.07, 6.45) is 3.78. The first kappa shape index (κ1) is 14.0. The van der Waals surface area contributed by atoms with E-state index in [9.17, 15) is 0 Å². The van der Waals surface area contributed by atoms with E-state index in [0.29, 0.717) is 5.88 Å². The standard InChI is InChI=1S/C13H23N5O/c1-19-13-10-12(15-11-16-13)18-7-3-6-17(8-9-18)5-2-4-14/h10-11H,2-9,14H2,1H3. The fourth-order valence-corrected chi connectivity index (χ4v) is 2.35. The predicted molar refractivity (Wildman–Crippen MR) is 75.5 cm³/mol. The molecule has 0 radical (unpaired) electrons. The van der Waals surface area contributed by atoms with Crippen LogP contribution >= 0.6 is 0 Å². The van der Waals surface area contributed by atoms with Crippen LogP contribution in [-0.2, 0) is 0 Å². The number of methoxy groups -OCH3 is 1. The van der Waals surface area contributed by atoms with Gasteiger partial charge in [0, 0.05) is 25.7 Å². The number of nitrogens with zero attached hydrogens (tertiary/aromatic N) is 4. The summed E-state index contributed by atoms with van der Waals surface area (Å²) in [6, 6.07) is 1.90. The molecule has 2 heterocycles. The first-order valence-electron chi connectivity index (χ1n) is 6.87. The minimum Gasteiger partial charge on any atom is -0.481 e. The molecule has 6 nitrogen and oxygen atoms in total. The van der Waals surface area contributed by atoms with Crippen LogP contribution in [0, 0.1) is 0 Å². The van der Waals surface area contributed by atoms with Gasteiger partial charge >= 0.3 is 0 Å². The largest absolute Gasteiger partial charge is 0.481 e. The first-order chi connectivity index (χ1) is 9.33. The SMILES string of the molecule is COc1cc(N2CCCN(CCCN)CC2)ncn1. The fraction of sp³-hybridized carbons (Fsp3) is 0.692. The first-order valence-corrected chi connectivity index (χ1v) is 6.87. The van der Waals surface area contributed by atoms with Gasteiger partial charge < -0.3 is 20.3 Å². The summed E-state index contributed by atoms with van der Waals surface area (Å²) in [6.45, 7) is 6.08. The number of ether oxygens (including phenoxy) is 1. The summed E-state index contributed by atoms with van der Waals surface area (Å²) in [5.74, 6) is 1.57. The third-order valence-electron chi connectivity index (χ3n) is 3.43. The third-order valence-corrected chi connectivity index (χ3v) is 3.43. The summed E-state index contributed by atoms with van der Waals surface area (Å²) in [5, 5.41) is 0. The Kier molecular flexibility index (Phi) is 5.35. The molecule has 19 heavy (non-hydrogen) atoms. The highest BCUT2D eigenvalue weighted by atomic mass is 16.5. The van der Waals surface area contributed by atoms with Crippen molar-refractivity contribution in [3.63, 3.8) is 0 Å². The Hall–Kier alpha value is -1.40. The smallest absolute Gasteiger partial charge is 0.218 e.